The Balaban J connectivity index is 1.37. The van der Waals surface area contributed by atoms with Crippen LogP contribution in [0.2, 0.25) is 0 Å². The third-order valence-corrected chi connectivity index (χ3v) is 6.75. The van der Waals surface area contributed by atoms with Gasteiger partial charge >= 0.3 is 6.09 Å². The van der Waals surface area contributed by atoms with E-state index in [4.69, 9.17) is 10.00 Å². The summed E-state index contributed by atoms with van der Waals surface area (Å²) in [4.78, 5) is 43.9. The van der Waals surface area contributed by atoms with Gasteiger partial charge in [-0.15, -0.1) is 0 Å². The molecule has 1 aliphatic rings. The zero-order valence-corrected chi connectivity index (χ0v) is 25.4. The summed E-state index contributed by atoms with van der Waals surface area (Å²) in [6.45, 7) is 9.12. The maximum Gasteiger partial charge on any atom is 0.410 e. The monoisotopic (exact) mass is 585 g/mol. The summed E-state index contributed by atoms with van der Waals surface area (Å²) in [6, 6.07) is 16.6. The molecule has 1 saturated heterocycles. The molecule has 0 spiro atoms. The molecular formula is C31H39N9O3. The number of amides is 2. The lowest BCUT2D eigenvalue weighted by molar-refractivity contribution is -0.129. The van der Waals surface area contributed by atoms with Gasteiger partial charge in [-0.25, -0.2) is 14.8 Å². The second-order valence-electron chi connectivity index (χ2n) is 11.6. The molecule has 1 atom stereocenters. The van der Waals surface area contributed by atoms with Crippen LogP contribution in [0.4, 0.5) is 22.4 Å². The number of anilines is 3. The van der Waals surface area contributed by atoms with E-state index in [2.05, 4.69) is 42.6 Å². The van der Waals surface area contributed by atoms with Crippen LogP contribution in [-0.4, -0.2) is 93.6 Å². The van der Waals surface area contributed by atoms with E-state index >= 15 is 0 Å². The van der Waals surface area contributed by atoms with Crippen molar-refractivity contribution < 1.29 is 14.3 Å². The molecule has 0 radical (unpaired) electrons. The van der Waals surface area contributed by atoms with E-state index in [-0.39, 0.29) is 17.9 Å². The molecule has 4 rings (SSSR count). The minimum absolute atomic E-state index is 0.126. The summed E-state index contributed by atoms with van der Waals surface area (Å²) >= 11 is 0. The van der Waals surface area contributed by atoms with Crippen LogP contribution in [0.15, 0.2) is 54.9 Å². The number of nitriles is 1. The van der Waals surface area contributed by atoms with Gasteiger partial charge < -0.3 is 25.2 Å². The van der Waals surface area contributed by atoms with Crippen molar-refractivity contribution in [3.05, 3.63) is 71.5 Å². The zero-order valence-electron chi connectivity index (χ0n) is 25.4. The Morgan fingerprint density at radius 1 is 1.02 bits per heavy atom. The third kappa shape index (κ3) is 9.37. The number of benzene rings is 2. The minimum atomic E-state index is -0.614. The first kappa shape index (κ1) is 31.2. The molecule has 0 unspecified atom stereocenters. The van der Waals surface area contributed by atoms with Crippen molar-refractivity contribution in [3.63, 3.8) is 0 Å². The highest BCUT2D eigenvalue weighted by Gasteiger charge is 2.26. The highest BCUT2D eigenvalue weighted by Crippen LogP contribution is 2.19. The first-order valence-electron chi connectivity index (χ1n) is 14.2. The van der Waals surface area contributed by atoms with Gasteiger partial charge in [-0.2, -0.15) is 10.2 Å². The average molecular weight is 586 g/mol. The molecule has 0 aliphatic carbocycles. The van der Waals surface area contributed by atoms with Gasteiger partial charge in [-0.1, -0.05) is 24.3 Å². The van der Waals surface area contributed by atoms with Gasteiger partial charge in [0.1, 0.15) is 18.0 Å². The van der Waals surface area contributed by atoms with Crippen LogP contribution >= 0.6 is 0 Å². The van der Waals surface area contributed by atoms with Crippen molar-refractivity contribution in [1.29, 1.82) is 5.26 Å². The molecule has 1 fully saturated rings. The molecule has 226 valence electrons. The summed E-state index contributed by atoms with van der Waals surface area (Å²) in [5, 5.41) is 15.5. The van der Waals surface area contributed by atoms with Crippen molar-refractivity contribution in [1.82, 2.24) is 29.7 Å². The van der Waals surface area contributed by atoms with Crippen molar-refractivity contribution in [2.45, 2.75) is 45.4 Å². The summed E-state index contributed by atoms with van der Waals surface area (Å²) in [6.07, 6.45) is 1.52. The Labute approximate surface area is 252 Å². The number of carbonyl (C=O) groups excluding carboxylic acids is 2. The molecule has 43 heavy (non-hydrogen) atoms. The number of piperazine rings is 1. The first-order chi connectivity index (χ1) is 20.5. The normalized spacial score (nSPS) is 14.4. The molecule has 2 aromatic carbocycles. The molecule has 2 amide bonds. The fourth-order valence-electron chi connectivity index (χ4n) is 4.59. The lowest BCUT2D eigenvalue weighted by Gasteiger charge is -2.35. The quantitative estimate of drug-likeness (QED) is 0.382. The standard InChI is InChI=1S/C31H39N9O3/c1-31(2,3)43-30(42)40-15-13-39(14-16-40)20-24-7-6-8-25(17-24)35-28-33-21-34-29(37-28)36-26(27(41)38(4)5)18-22-9-11-23(19-32)12-10-22/h6-12,17,21,26H,13-16,18,20H2,1-5H3,(H2,33,34,35,36,37)/t26-/m0/s1. The lowest BCUT2D eigenvalue weighted by Crippen LogP contribution is -2.49. The van der Waals surface area contributed by atoms with Crippen LogP contribution in [0.1, 0.15) is 37.5 Å². The van der Waals surface area contributed by atoms with Gasteiger partial charge in [0.2, 0.25) is 17.8 Å². The number of carbonyl (C=O) groups is 2. The molecule has 2 N–H and O–H groups in total. The topological polar surface area (TPSA) is 140 Å². The average Bonchev–Trinajstić information content (AvgIpc) is 2.96. The number of ether oxygens (including phenoxy) is 1. The van der Waals surface area contributed by atoms with Gasteiger partial charge in [0.15, 0.2) is 0 Å². The molecule has 3 aromatic rings. The van der Waals surface area contributed by atoms with Gasteiger partial charge in [0.05, 0.1) is 11.6 Å². The lowest BCUT2D eigenvalue weighted by atomic mass is 10.0. The van der Waals surface area contributed by atoms with Crippen LogP contribution in [0.25, 0.3) is 0 Å². The maximum atomic E-state index is 13.0. The fourth-order valence-corrected chi connectivity index (χ4v) is 4.59. The number of aromatic nitrogens is 3. The largest absolute Gasteiger partial charge is 0.444 e. The number of likely N-dealkylation sites (N-methyl/N-ethyl adjacent to an activating group) is 1. The van der Waals surface area contributed by atoms with Crippen molar-refractivity contribution in [2.24, 2.45) is 0 Å². The second kappa shape index (κ2) is 13.9. The van der Waals surface area contributed by atoms with E-state index in [0.717, 1.165) is 36.4 Å². The Bertz CT molecular complexity index is 1440. The molecule has 0 bridgehead atoms. The maximum absolute atomic E-state index is 13.0. The summed E-state index contributed by atoms with van der Waals surface area (Å²) < 4.78 is 5.50. The van der Waals surface area contributed by atoms with E-state index in [1.807, 2.05) is 51.1 Å². The highest BCUT2D eigenvalue weighted by atomic mass is 16.6. The first-order valence-corrected chi connectivity index (χ1v) is 14.2. The molecule has 12 nitrogen and oxygen atoms in total. The SMILES string of the molecule is CN(C)C(=O)[C@H](Cc1ccc(C#N)cc1)Nc1ncnc(Nc2cccc(CN3CCN(C(=O)OC(C)(C)C)CC3)c2)n1. The number of rotatable bonds is 9. The number of nitrogens with one attached hydrogen (secondary N) is 2. The van der Waals surface area contributed by atoms with Crippen molar-refractivity contribution in [2.75, 3.05) is 50.9 Å². The Morgan fingerprint density at radius 3 is 2.37 bits per heavy atom. The molecule has 12 heteroatoms. The van der Waals surface area contributed by atoms with Crippen LogP contribution in [0.3, 0.4) is 0 Å². The molecule has 0 saturated carbocycles. The predicted molar refractivity (Wildman–Crippen MR) is 164 cm³/mol. The van der Waals surface area contributed by atoms with E-state index in [0.29, 0.717) is 31.0 Å². The van der Waals surface area contributed by atoms with Gasteiger partial charge in [0, 0.05) is 58.9 Å². The minimum Gasteiger partial charge on any atom is -0.444 e. The fraction of sp³-hybridized carbons (Fsp3) is 0.419. The summed E-state index contributed by atoms with van der Waals surface area (Å²) in [7, 11) is 3.40. The number of nitrogens with zero attached hydrogens (tertiary/aromatic N) is 7. The van der Waals surface area contributed by atoms with E-state index < -0.39 is 11.6 Å². The van der Waals surface area contributed by atoms with E-state index in [1.165, 1.54) is 11.2 Å². The Morgan fingerprint density at radius 2 is 1.72 bits per heavy atom. The van der Waals surface area contributed by atoms with Crippen LogP contribution in [-0.2, 0) is 22.5 Å². The summed E-state index contributed by atoms with van der Waals surface area (Å²) in [5.74, 6) is 0.485. The number of hydrogen-bond acceptors (Lipinski definition) is 10. The van der Waals surface area contributed by atoms with Crippen LogP contribution < -0.4 is 10.6 Å². The van der Waals surface area contributed by atoms with Gasteiger partial charge in [-0.05, 0) is 56.2 Å². The molecule has 1 aromatic heterocycles. The zero-order chi connectivity index (χ0) is 31.0. The smallest absolute Gasteiger partial charge is 0.410 e. The molecular weight excluding hydrogens is 546 g/mol. The van der Waals surface area contributed by atoms with Crippen LogP contribution in [0, 0.1) is 11.3 Å². The van der Waals surface area contributed by atoms with Crippen molar-refractivity contribution >= 4 is 29.6 Å². The van der Waals surface area contributed by atoms with E-state index in [9.17, 15) is 9.59 Å². The Kier molecular flexibility index (Phi) is 10.1. The molecule has 1 aliphatic heterocycles. The van der Waals surface area contributed by atoms with E-state index in [1.54, 1.807) is 31.1 Å². The van der Waals surface area contributed by atoms with Gasteiger partial charge in [-0.3, -0.25) is 9.69 Å². The summed E-state index contributed by atoms with van der Waals surface area (Å²) in [5.41, 5.74) is 2.89. The van der Waals surface area contributed by atoms with Crippen LogP contribution in [0.5, 0.6) is 0 Å². The second-order valence-corrected chi connectivity index (χ2v) is 11.6. The Hall–Kier alpha value is -4.76. The molecule has 2 heterocycles. The van der Waals surface area contributed by atoms with Crippen molar-refractivity contribution in [3.8, 4) is 6.07 Å². The predicted octanol–water partition coefficient (Wildman–Crippen LogP) is 3.65. The third-order valence-electron chi connectivity index (χ3n) is 6.75. The number of hydrogen-bond donors (Lipinski definition) is 2. The van der Waals surface area contributed by atoms with Gasteiger partial charge in [0.25, 0.3) is 0 Å². The highest BCUT2D eigenvalue weighted by molar-refractivity contribution is 5.84.